The van der Waals surface area contributed by atoms with Crippen LogP contribution in [0.2, 0.25) is 0 Å². The number of aliphatic hydroxyl groups excluding tert-OH is 1. The smallest absolute Gasteiger partial charge is 0.244 e. The zero-order valence-electron chi connectivity index (χ0n) is 10.9. The number of nitrogens with one attached hydrogen (secondary N) is 1. The van der Waals surface area contributed by atoms with Crippen LogP contribution in [0.3, 0.4) is 0 Å². The standard InChI is InChI=1S/C14H19NO3/c1-10(2)8-14(17)15-9-13(16)11-4-6-12(18-3)7-5-11/h4-8,13,16H,9H2,1-3H3,(H,15,17). The molecule has 1 rings (SSSR count). The second-order valence-electron chi connectivity index (χ2n) is 4.26. The largest absolute Gasteiger partial charge is 0.497 e. The lowest BCUT2D eigenvalue weighted by molar-refractivity contribution is -0.117. The summed E-state index contributed by atoms with van der Waals surface area (Å²) in [7, 11) is 1.59. The molecule has 0 aliphatic carbocycles. The molecule has 4 nitrogen and oxygen atoms in total. The molecule has 0 heterocycles. The Balaban J connectivity index is 2.52. The number of amides is 1. The second-order valence-corrected chi connectivity index (χ2v) is 4.26. The molecule has 1 atom stereocenters. The van der Waals surface area contributed by atoms with Gasteiger partial charge in [0.15, 0.2) is 0 Å². The summed E-state index contributed by atoms with van der Waals surface area (Å²) in [5, 5.41) is 12.5. The van der Waals surface area contributed by atoms with Gasteiger partial charge in [-0.3, -0.25) is 4.79 Å². The Hall–Kier alpha value is -1.81. The van der Waals surface area contributed by atoms with E-state index in [1.54, 1.807) is 31.4 Å². The van der Waals surface area contributed by atoms with E-state index in [1.807, 2.05) is 13.8 Å². The molecule has 0 bridgehead atoms. The van der Waals surface area contributed by atoms with E-state index in [-0.39, 0.29) is 12.5 Å². The average molecular weight is 249 g/mol. The molecule has 0 fully saturated rings. The fourth-order valence-electron chi connectivity index (χ4n) is 1.45. The Bertz CT molecular complexity index is 419. The lowest BCUT2D eigenvalue weighted by Crippen LogP contribution is -2.26. The van der Waals surface area contributed by atoms with Crippen LogP contribution in [0, 0.1) is 0 Å². The lowest BCUT2D eigenvalue weighted by Gasteiger charge is -2.12. The summed E-state index contributed by atoms with van der Waals surface area (Å²) in [6, 6.07) is 7.10. The van der Waals surface area contributed by atoms with Gasteiger partial charge >= 0.3 is 0 Å². The van der Waals surface area contributed by atoms with Gasteiger partial charge in [-0.15, -0.1) is 0 Å². The predicted octanol–water partition coefficient (Wildman–Crippen LogP) is 1.81. The van der Waals surface area contributed by atoms with Crippen molar-refractivity contribution in [3.8, 4) is 5.75 Å². The van der Waals surface area contributed by atoms with E-state index in [0.29, 0.717) is 0 Å². The van der Waals surface area contributed by atoms with Crippen molar-refractivity contribution in [2.75, 3.05) is 13.7 Å². The maximum Gasteiger partial charge on any atom is 0.244 e. The molecule has 1 aromatic carbocycles. The van der Waals surface area contributed by atoms with Crippen LogP contribution in [0.1, 0.15) is 25.5 Å². The number of carbonyl (C=O) groups is 1. The summed E-state index contributed by atoms with van der Waals surface area (Å²) in [6.45, 7) is 3.88. The molecule has 2 N–H and O–H groups in total. The van der Waals surface area contributed by atoms with Crippen molar-refractivity contribution < 1.29 is 14.6 Å². The van der Waals surface area contributed by atoms with Crippen molar-refractivity contribution in [3.05, 3.63) is 41.5 Å². The number of benzene rings is 1. The van der Waals surface area contributed by atoms with Gasteiger partial charge in [0.2, 0.25) is 5.91 Å². The van der Waals surface area contributed by atoms with Crippen LogP contribution in [-0.2, 0) is 4.79 Å². The number of methoxy groups -OCH3 is 1. The van der Waals surface area contributed by atoms with Crippen LogP contribution in [-0.4, -0.2) is 24.7 Å². The molecule has 0 aliphatic heterocycles. The van der Waals surface area contributed by atoms with Crippen molar-refractivity contribution in [1.82, 2.24) is 5.32 Å². The number of ether oxygens (including phenoxy) is 1. The average Bonchev–Trinajstić information content (AvgIpc) is 2.35. The Kier molecular flexibility index (Phi) is 5.39. The monoisotopic (exact) mass is 249 g/mol. The van der Waals surface area contributed by atoms with E-state index in [4.69, 9.17) is 4.74 Å². The maximum absolute atomic E-state index is 11.4. The van der Waals surface area contributed by atoms with E-state index in [9.17, 15) is 9.90 Å². The minimum Gasteiger partial charge on any atom is -0.497 e. The van der Waals surface area contributed by atoms with Gasteiger partial charge < -0.3 is 15.2 Å². The van der Waals surface area contributed by atoms with Gasteiger partial charge in [-0.05, 0) is 31.5 Å². The molecule has 0 saturated carbocycles. The molecular weight excluding hydrogens is 230 g/mol. The van der Waals surface area contributed by atoms with Gasteiger partial charge in [-0.25, -0.2) is 0 Å². The first-order chi connectivity index (χ1) is 8.52. The number of rotatable bonds is 5. The highest BCUT2D eigenvalue weighted by molar-refractivity contribution is 5.88. The first-order valence-corrected chi connectivity index (χ1v) is 5.77. The van der Waals surface area contributed by atoms with Crippen LogP contribution in [0.4, 0.5) is 0 Å². The van der Waals surface area contributed by atoms with Crippen molar-refractivity contribution >= 4 is 5.91 Å². The molecule has 1 aromatic rings. The van der Waals surface area contributed by atoms with Crippen LogP contribution in [0.15, 0.2) is 35.9 Å². The normalized spacial score (nSPS) is 11.6. The van der Waals surface area contributed by atoms with Gasteiger partial charge in [-0.2, -0.15) is 0 Å². The quantitative estimate of drug-likeness (QED) is 0.782. The topological polar surface area (TPSA) is 58.6 Å². The molecular formula is C14H19NO3. The first-order valence-electron chi connectivity index (χ1n) is 5.77. The SMILES string of the molecule is COc1ccc(C(O)CNC(=O)C=C(C)C)cc1. The highest BCUT2D eigenvalue weighted by Crippen LogP contribution is 2.16. The van der Waals surface area contributed by atoms with Crippen molar-refractivity contribution in [3.63, 3.8) is 0 Å². The number of aliphatic hydroxyl groups is 1. The minimum absolute atomic E-state index is 0.189. The fraction of sp³-hybridized carbons (Fsp3) is 0.357. The summed E-state index contributed by atoms with van der Waals surface area (Å²) < 4.78 is 5.03. The third kappa shape index (κ3) is 4.59. The van der Waals surface area contributed by atoms with Gasteiger partial charge in [0.05, 0.1) is 13.2 Å². The Morgan fingerprint density at radius 2 is 2.00 bits per heavy atom. The van der Waals surface area contributed by atoms with Crippen LogP contribution in [0.25, 0.3) is 0 Å². The molecule has 0 spiro atoms. The Morgan fingerprint density at radius 3 is 2.50 bits per heavy atom. The fourth-order valence-corrected chi connectivity index (χ4v) is 1.45. The lowest BCUT2D eigenvalue weighted by atomic mass is 10.1. The second kappa shape index (κ2) is 6.81. The van der Waals surface area contributed by atoms with Crippen molar-refractivity contribution in [1.29, 1.82) is 0 Å². The zero-order valence-corrected chi connectivity index (χ0v) is 10.9. The van der Waals surface area contributed by atoms with Crippen molar-refractivity contribution in [2.24, 2.45) is 0 Å². The number of hydrogen-bond donors (Lipinski definition) is 2. The van der Waals surface area contributed by atoms with Gasteiger partial charge in [0.25, 0.3) is 0 Å². The van der Waals surface area contributed by atoms with E-state index in [1.165, 1.54) is 6.08 Å². The summed E-state index contributed by atoms with van der Waals surface area (Å²) >= 11 is 0. The third-order valence-electron chi connectivity index (χ3n) is 2.39. The Labute approximate surface area is 107 Å². The minimum atomic E-state index is -0.717. The molecule has 0 aromatic heterocycles. The van der Waals surface area contributed by atoms with Crippen LogP contribution < -0.4 is 10.1 Å². The maximum atomic E-state index is 11.4. The molecule has 0 saturated heterocycles. The van der Waals surface area contributed by atoms with E-state index < -0.39 is 6.10 Å². The van der Waals surface area contributed by atoms with Gasteiger partial charge in [0, 0.05) is 12.6 Å². The molecule has 4 heteroatoms. The summed E-state index contributed by atoms with van der Waals surface area (Å²) in [5.41, 5.74) is 1.67. The molecule has 0 aliphatic rings. The molecule has 1 unspecified atom stereocenters. The molecule has 98 valence electrons. The van der Waals surface area contributed by atoms with Gasteiger partial charge in [0.1, 0.15) is 5.75 Å². The van der Waals surface area contributed by atoms with Crippen LogP contribution >= 0.6 is 0 Å². The highest BCUT2D eigenvalue weighted by atomic mass is 16.5. The van der Waals surface area contributed by atoms with Crippen molar-refractivity contribution in [2.45, 2.75) is 20.0 Å². The summed E-state index contributed by atoms with van der Waals surface area (Å²) in [5.74, 6) is 0.544. The van der Waals surface area contributed by atoms with Crippen LogP contribution in [0.5, 0.6) is 5.75 Å². The van der Waals surface area contributed by atoms with E-state index in [0.717, 1.165) is 16.9 Å². The first kappa shape index (κ1) is 14.3. The predicted molar refractivity (Wildman–Crippen MR) is 70.4 cm³/mol. The molecule has 18 heavy (non-hydrogen) atoms. The highest BCUT2D eigenvalue weighted by Gasteiger charge is 2.08. The van der Waals surface area contributed by atoms with E-state index in [2.05, 4.69) is 5.32 Å². The van der Waals surface area contributed by atoms with Gasteiger partial charge in [-0.1, -0.05) is 17.7 Å². The number of allylic oxidation sites excluding steroid dienone is 1. The number of hydrogen-bond acceptors (Lipinski definition) is 3. The summed E-state index contributed by atoms with van der Waals surface area (Å²) in [4.78, 5) is 11.4. The van der Waals surface area contributed by atoms with E-state index >= 15 is 0 Å². The molecule has 0 radical (unpaired) electrons. The zero-order chi connectivity index (χ0) is 13.5. The number of carbonyl (C=O) groups excluding carboxylic acids is 1. The Morgan fingerprint density at radius 1 is 1.39 bits per heavy atom. The third-order valence-corrected chi connectivity index (χ3v) is 2.39. The summed E-state index contributed by atoms with van der Waals surface area (Å²) in [6.07, 6.45) is 0.784. The molecule has 1 amide bonds.